The lowest BCUT2D eigenvalue weighted by Gasteiger charge is -2.17. The first-order chi connectivity index (χ1) is 13.0. The summed E-state index contributed by atoms with van der Waals surface area (Å²) in [6.45, 7) is 5.87. The van der Waals surface area contributed by atoms with Crippen molar-refractivity contribution in [3.05, 3.63) is 12.2 Å². The van der Waals surface area contributed by atoms with Crippen molar-refractivity contribution in [2.75, 3.05) is 0 Å². The Morgan fingerprint density at radius 1 is 0.815 bits per heavy atom. The Morgan fingerprint density at radius 3 is 1.78 bits per heavy atom. The van der Waals surface area contributed by atoms with Crippen LogP contribution < -0.4 is 5.32 Å². The first-order valence-corrected chi connectivity index (χ1v) is 11.2. The molecule has 0 heterocycles. The number of allylic oxidation sites excluding steroid dienone is 2. The zero-order valence-electron chi connectivity index (χ0n) is 18.0. The molecule has 0 unspecified atom stereocenters. The zero-order valence-corrected chi connectivity index (χ0v) is 18.0. The highest BCUT2D eigenvalue weighted by molar-refractivity contribution is 5.83. The molecule has 0 saturated carbocycles. The van der Waals surface area contributed by atoms with Crippen LogP contribution in [0.2, 0.25) is 0 Å². The second kappa shape index (κ2) is 18.1. The molecule has 0 fully saturated rings. The number of unbranched alkanes of at least 4 members (excludes halogenated alkanes) is 11. The number of nitrogens with one attached hydrogen (secondary N) is 1. The molecule has 0 rings (SSSR count). The summed E-state index contributed by atoms with van der Waals surface area (Å²) < 4.78 is 0. The van der Waals surface area contributed by atoms with Crippen molar-refractivity contribution in [1.82, 2.24) is 5.32 Å². The van der Waals surface area contributed by atoms with E-state index in [1.807, 2.05) is 0 Å². The molecule has 0 aromatic rings. The van der Waals surface area contributed by atoms with Crippen molar-refractivity contribution in [3.8, 4) is 0 Å². The maximum atomic E-state index is 11.8. The van der Waals surface area contributed by atoms with Crippen molar-refractivity contribution in [2.45, 2.75) is 117 Å². The molecule has 0 spiro atoms. The SMILES string of the molecule is CCCCCCCC/C=C\CCCCCCCC(=O)N[C@@H](C(=O)O)C(C)C. The molecule has 0 aromatic heterocycles. The van der Waals surface area contributed by atoms with E-state index in [1.54, 1.807) is 13.8 Å². The van der Waals surface area contributed by atoms with E-state index in [0.717, 1.165) is 25.7 Å². The first-order valence-electron chi connectivity index (χ1n) is 11.2. The van der Waals surface area contributed by atoms with Crippen LogP contribution in [0.1, 0.15) is 111 Å². The standard InChI is InChI=1S/C23H43NO3/c1-4-5-6-7-8-9-10-11-12-13-14-15-16-17-18-19-21(25)24-22(20(2)3)23(26)27/h11-12,20,22H,4-10,13-19H2,1-3H3,(H,24,25)(H,26,27)/b12-11-/t22-/m1/s1. The second-order valence-electron chi connectivity index (χ2n) is 7.96. The van der Waals surface area contributed by atoms with E-state index in [2.05, 4.69) is 24.4 Å². The molecule has 4 heteroatoms. The number of carboxylic acid groups (broad SMARTS) is 1. The minimum Gasteiger partial charge on any atom is -0.480 e. The summed E-state index contributed by atoms with van der Waals surface area (Å²) in [6, 6.07) is -0.777. The molecule has 4 nitrogen and oxygen atoms in total. The lowest BCUT2D eigenvalue weighted by Crippen LogP contribution is -2.44. The third-order valence-electron chi connectivity index (χ3n) is 4.91. The highest BCUT2D eigenvalue weighted by Crippen LogP contribution is 2.10. The Morgan fingerprint density at radius 2 is 1.30 bits per heavy atom. The van der Waals surface area contributed by atoms with Gasteiger partial charge in [0.25, 0.3) is 0 Å². The third kappa shape index (κ3) is 16.6. The quantitative estimate of drug-likeness (QED) is 0.218. The molecule has 1 amide bonds. The fourth-order valence-electron chi connectivity index (χ4n) is 3.12. The highest BCUT2D eigenvalue weighted by atomic mass is 16.4. The van der Waals surface area contributed by atoms with E-state index >= 15 is 0 Å². The van der Waals surface area contributed by atoms with E-state index in [1.165, 1.54) is 57.8 Å². The van der Waals surface area contributed by atoms with Gasteiger partial charge in [-0.3, -0.25) is 4.79 Å². The van der Waals surface area contributed by atoms with Crippen LogP contribution in [0, 0.1) is 5.92 Å². The number of amides is 1. The maximum absolute atomic E-state index is 11.8. The summed E-state index contributed by atoms with van der Waals surface area (Å²) in [5, 5.41) is 11.7. The van der Waals surface area contributed by atoms with Gasteiger partial charge >= 0.3 is 5.97 Å². The van der Waals surface area contributed by atoms with Crippen molar-refractivity contribution < 1.29 is 14.7 Å². The first kappa shape index (κ1) is 25.7. The third-order valence-corrected chi connectivity index (χ3v) is 4.91. The Hall–Kier alpha value is -1.32. The molecule has 0 saturated heterocycles. The minimum atomic E-state index is -0.956. The molecule has 158 valence electrons. The van der Waals surface area contributed by atoms with Gasteiger partial charge in [-0.05, 0) is 38.0 Å². The van der Waals surface area contributed by atoms with Crippen LogP contribution in [-0.2, 0) is 9.59 Å². The Bertz CT molecular complexity index is 404. The van der Waals surface area contributed by atoms with Gasteiger partial charge in [0.1, 0.15) is 6.04 Å². The number of carbonyl (C=O) groups excluding carboxylic acids is 1. The molecular weight excluding hydrogens is 338 g/mol. The average Bonchev–Trinajstić information content (AvgIpc) is 2.62. The molecular formula is C23H43NO3. The highest BCUT2D eigenvalue weighted by Gasteiger charge is 2.22. The van der Waals surface area contributed by atoms with Crippen molar-refractivity contribution in [3.63, 3.8) is 0 Å². The molecule has 0 aliphatic heterocycles. The van der Waals surface area contributed by atoms with Gasteiger partial charge in [-0.15, -0.1) is 0 Å². The number of carbonyl (C=O) groups is 2. The van der Waals surface area contributed by atoms with Crippen LogP contribution >= 0.6 is 0 Å². The summed E-state index contributed by atoms with van der Waals surface area (Å²) in [5.41, 5.74) is 0. The van der Waals surface area contributed by atoms with Crippen LogP contribution in [0.5, 0.6) is 0 Å². The van der Waals surface area contributed by atoms with E-state index in [4.69, 9.17) is 5.11 Å². The number of hydrogen-bond donors (Lipinski definition) is 2. The van der Waals surface area contributed by atoms with Gasteiger partial charge in [-0.1, -0.05) is 84.3 Å². The summed E-state index contributed by atoms with van der Waals surface area (Å²) in [4.78, 5) is 22.9. The molecule has 0 aliphatic carbocycles. The number of carboxylic acids is 1. The predicted octanol–water partition coefficient (Wildman–Crippen LogP) is 6.25. The molecule has 2 N–H and O–H groups in total. The van der Waals surface area contributed by atoms with Gasteiger partial charge in [0.05, 0.1) is 0 Å². The smallest absolute Gasteiger partial charge is 0.326 e. The van der Waals surface area contributed by atoms with E-state index in [9.17, 15) is 9.59 Å². The van der Waals surface area contributed by atoms with Crippen molar-refractivity contribution in [1.29, 1.82) is 0 Å². The summed E-state index contributed by atoms with van der Waals surface area (Å²) >= 11 is 0. The zero-order chi connectivity index (χ0) is 20.3. The van der Waals surface area contributed by atoms with Gasteiger partial charge in [0.15, 0.2) is 0 Å². The molecule has 1 atom stereocenters. The summed E-state index contributed by atoms with van der Waals surface area (Å²) in [6.07, 6.45) is 21.0. The molecule has 0 bridgehead atoms. The fourth-order valence-corrected chi connectivity index (χ4v) is 3.12. The largest absolute Gasteiger partial charge is 0.480 e. The fraction of sp³-hybridized carbons (Fsp3) is 0.826. The molecule has 0 aliphatic rings. The van der Waals surface area contributed by atoms with E-state index in [-0.39, 0.29) is 11.8 Å². The number of rotatable bonds is 18. The second-order valence-corrected chi connectivity index (χ2v) is 7.96. The Balaban J connectivity index is 3.45. The average molecular weight is 382 g/mol. The Kier molecular flexibility index (Phi) is 17.2. The van der Waals surface area contributed by atoms with E-state index < -0.39 is 12.0 Å². The molecule has 27 heavy (non-hydrogen) atoms. The lowest BCUT2D eigenvalue weighted by molar-refractivity contribution is -0.143. The lowest BCUT2D eigenvalue weighted by atomic mass is 10.0. The summed E-state index contributed by atoms with van der Waals surface area (Å²) in [7, 11) is 0. The van der Waals surface area contributed by atoms with Crippen LogP contribution in [-0.4, -0.2) is 23.0 Å². The number of hydrogen-bond acceptors (Lipinski definition) is 2. The summed E-state index contributed by atoms with van der Waals surface area (Å²) in [5.74, 6) is -1.20. The number of aliphatic carboxylic acids is 1. The van der Waals surface area contributed by atoms with Gasteiger partial charge in [-0.2, -0.15) is 0 Å². The van der Waals surface area contributed by atoms with Crippen LogP contribution in [0.25, 0.3) is 0 Å². The Labute approximate surface area is 167 Å². The monoisotopic (exact) mass is 381 g/mol. The van der Waals surface area contributed by atoms with Crippen LogP contribution in [0.15, 0.2) is 12.2 Å². The van der Waals surface area contributed by atoms with E-state index in [0.29, 0.717) is 6.42 Å². The van der Waals surface area contributed by atoms with Gasteiger partial charge in [-0.25, -0.2) is 4.79 Å². The topological polar surface area (TPSA) is 66.4 Å². The van der Waals surface area contributed by atoms with Gasteiger partial charge in [0.2, 0.25) is 5.91 Å². The minimum absolute atomic E-state index is 0.0967. The normalized spacial score (nSPS) is 12.6. The molecule has 0 radical (unpaired) electrons. The van der Waals surface area contributed by atoms with Crippen LogP contribution in [0.3, 0.4) is 0 Å². The van der Waals surface area contributed by atoms with Gasteiger partial charge in [0, 0.05) is 6.42 Å². The molecule has 0 aromatic carbocycles. The van der Waals surface area contributed by atoms with Crippen LogP contribution in [0.4, 0.5) is 0 Å². The maximum Gasteiger partial charge on any atom is 0.326 e. The predicted molar refractivity (Wildman–Crippen MR) is 114 cm³/mol. The van der Waals surface area contributed by atoms with Gasteiger partial charge < -0.3 is 10.4 Å². The van der Waals surface area contributed by atoms with Crippen molar-refractivity contribution in [2.24, 2.45) is 5.92 Å². The van der Waals surface area contributed by atoms with Crippen molar-refractivity contribution >= 4 is 11.9 Å².